The standard InChI is InChI=1S/C19H21IN2O3S/c1-5-9-25-17-14(20)10-13(11-15(17)24-8-4)12-16-18(23)22(7-3)19(26-16)21-6-2/h1,10-12H,6-9H2,2-4H3/b16-12+,21-19?. The van der Waals surface area contributed by atoms with Crippen LogP contribution in [0, 0.1) is 15.9 Å². The Morgan fingerprint density at radius 1 is 1.35 bits per heavy atom. The molecule has 1 amide bonds. The lowest BCUT2D eigenvalue weighted by Gasteiger charge is -2.13. The van der Waals surface area contributed by atoms with Gasteiger partial charge in [0.05, 0.1) is 15.1 Å². The fourth-order valence-electron chi connectivity index (χ4n) is 2.38. The quantitative estimate of drug-likeness (QED) is 0.334. The second-order valence-electron chi connectivity index (χ2n) is 5.17. The smallest absolute Gasteiger partial charge is 0.266 e. The molecule has 1 fully saturated rings. The minimum Gasteiger partial charge on any atom is -0.490 e. The van der Waals surface area contributed by atoms with Crippen molar-refractivity contribution in [1.29, 1.82) is 0 Å². The Morgan fingerprint density at radius 3 is 2.73 bits per heavy atom. The highest BCUT2D eigenvalue weighted by Gasteiger charge is 2.31. The zero-order valence-corrected chi connectivity index (χ0v) is 18.0. The number of hydrogen-bond acceptors (Lipinski definition) is 5. The van der Waals surface area contributed by atoms with Gasteiger partial charge in [0, 0.05) is 13.1 Å². The van der Waals surface area contributed by atoms with Crippen LogP contribution in [0.1, 0.15) is 26.3 Å². The molecular weight excluding hydrogens is 463 g/mol. The van der Waals surface area contributed by atoms with Gasteiger partial charge in [-0.25, -0.2) is 0 Å². The Labute approximate surface area is 172 Å². The van der Waals surface area contributed by atoms with Crippen LogP contribution >= 0.6 is 34.4 Å². The van der Waals surface area contributed by atoms with Gasteiger partial charge in [0.25, 0.3) is 5.91 Å². The van der Waals surface area contributed by atoms with E-state index in [-0.39, 0.29) is 12.5 Å². The molecule has 0 radical (unpaired) electrons. The number of likely N-dealkylation sites (N-methyl/N-ethyl adjacent to an activating group) is 1. The van der Waals surface area contributed by atoms with Crippen molar-refractivity contribution in [2.45, 2.75) is 20.8 Å². The van der Waals surface area contributed by atoms with Crippen LogP contribution in [-0.2, 0) is 4.79 Å². The van der Waals surface area contributed by atoms with Gasteiger partial charge >= 0.3 is 0 Å². The van der Waals surface area contributed by atoms with E-state index in [1.54, 1.807) is 4.90 Å². The van der Waals surface area contributed by atoms with E-state index < -0.39 is 0 Å². The summed E-state index contributed by atoms with van der Waals surface area (Å²) in [5, 5.41) is 0.750. The summed E-state index contributed by atoms with van der Waals surface area (Å²) < 4.78 is 12.2. The van der Waals surface area contributed by atoms with Crippen LogP contribution in [0.15, 0.2) is 22.0 Å². The molecule has 0 atom stereocenters. The molecule has 1 aliphatic rings. The van der Waals surface area contributed by atoms with Gasteiger partial charge in [-0.15, -0.1) is 6.42 Å². The predicted molar refractivity (Wildman–Crippen MR) is 116 cm³/mol. The Morgan fingerprint density at radius 2 is 2.12 bits per heavy atom. The van der Waals surface area contributed by atoms with Gasteiger partial charge in [0.15, 0.2) is 16.7 Å². The molecule has 0 bridgehead atoms. The molecule has 0 unspecified atom stereocenters. The molecule has 0 aromatic heterocycles. The van der Waals surface area contributed by atoms with Crippen LogP contribution in [0.25, 0.3) is 6.08 Å². The predicted octanol–water partition coefficient (Wildman–Crippen LogP) is 4.01. The third kappa shape index (κ3) is 4.74. The first-order chi connectivity index (χ1) is 12.5. The van der Waals surface area contributed by atoms with E-state index in [1.807, 2.05) is 39.0 Å². The summed E-state index contributed by atoms with van der Waals surface area (Å²) in [7, 11) is 0. The number of carbonyl (C=O) groups excluding carboxylic acids is 1. The van der Waals surface area contributed by atoms with Gasteiger partial charge < -0.3 is 9.47 Å². The van der Waals surface area contributed by atoms with Gasteiger partial charge in [0.2, 0.25) is 0 Å². The number of rotatable bonds is 7. The molecule has 2 rings (SSSR count). The number of carbonyl (C=O) groups is 1. The van der Waals surface area contributed by atoms with Crippen LogP contribution < -0.4 is 9.47 Å². The fraction of sp³-hybridized carbons (Fsp3) is 0.368. The molecule has 1 aromatic rings. The number of terminal acetylenes is 1. The van der Waals surface area contributed by atoms with Crippen LogP contribution in [0.4, 0.5) is 0 Å². The summed E-state index contributed by atoms with van der Waals surface area (Å²) in [6.07, 6.45) is 7.15. The van der Waals surface area contributed by atoms with E-state index in [0.717, 1.165) is 14.3 Å². The maximum atomic E-state index is 12.6. The molecule has 7 heteroatoms. The molecule has 1 aliphatic heterocycles. The van der Waals surface area contributed by atoms with E-state index in [9.17, 15) is 4.79 Å². The zero-order chi connectivity index (χ0) is 19.1. The highest BCUT2D eigenvalue weighted by molar-refractivity contribution is 14.1. The lowest BCUT2D eigenvalue weighted by atomic mass is 10.2. The first-order valence-corrected chi connectivity index (χ1v) is 10.2. The van der Waals surface area contributed by atoms with Crippen molar-refractivity contribution in [3.05, 3.63) is 26.2 Å². The molecule has 26 heavy (non-hydrogen) atoms. The van der Waals surface area contributed by atoms with Crippen molar-refractivity contribution >= 4 is 51.5 Å². The normalized spacial score (nSPS) is 17.0. The number of amides is 1. The van der Waals surface area contributed by atoms with E-state index in [4.69, 9.17) is 15.9 Å². The number of nitrogens with zero attached hydrogens (tertiary/aromatic N) is 2. The lowest BCUT2D eigenvalue weighted by Crippen LogP contribution is -2.28. The minimum atomic E-state index is -0.0228. The van der Waals surface area contributed by atoms with Gasteiger partial charge in [-0.2, -0.15) is 0 Å². The van der Waals surface area contributed by atoms with Gasteiger partial charge in [0.1, 0.15) is 6.61 Å². The van der Waals surface area contributed by atoms with Crippen LogP contribution in [0.3, 0.4) is 0 Å². The van der Waals surface area contributed by atoms with E-state index in [1.165, 1.54) is 11.8 Å². The average Bonchev–Trinajstić information content (AvgIpc) is 2.89. The van der Waals surface area contributed by atoms with E-state index in [0.29, 0.717) is 36.1 Å². The number of benzene rings is 1. The van der Waals surface area contributed by atoms with Crippen LogP contribution in [0.5, 0.6) is 11.5 Å². The van der Waals surface area contributed by atoms with Crippen molar-refractivity contribution in [1.82, 2.24) is 4.90 Å². The molecule has 0 N–H and O–H groups in total. The highest BCUT2D eigenvalue weighted by atomic mass is 127. The number of ether oxygens (including phenoxy) is 2. The number of thioether (sulfide) groups is 1. The molecular formula is C19H21IN2O3S. The van der Waals surface area contributed by atoms with Crippen molar-refractivity contribution in [3.8, 4) is 23.8 Å². The summed E-state index contributed by atoms with van der Waals surface area (Å²) >= 11 is 3.58. The van der Waals surface area contributed by atoms with Crippen LogP contribution in [0.2, 0.25) is 0 Å². The maximum absolute atomic E-state index is 12.6. The molecule has 0 spiro atoms. The molecule has 1 aromatic carbocycles. The lowest BCUT2D eigenvalue weighted by molar-refractivity contribution is -0.122. The Balaban J connectivity index is 2.40. The van der Waals surface area contributed by atoms with Crippen LogP contribution in [-0.4, -0.2) is 42.3 Å². The largest absolute Gasteiger partial charge is 0.490 e. The maximum Gasteiger partial charge on any atom is 0.266 e. The summed E-state index contributed by atoms with van der Waals surface area (Å²) in [5.74, 6) is 3.68. The molecule has 5 nitrogen and oxygen atoms in total. The number of aliphatic imine (C=N–C) groups is 1. The third-order valence-corrected chi connectivity index (χ3v) is 5.27. The van der Waals surface area contributed by atoms with Gasteiger partial charge in [-0.05, 0) is 78.9 Å². The second-order valence-corrected chi connectivity index (χ2v) is 7.34. The Kier molecular flexibility index (Phi) is 7.85. The minimum absolute atomic E-state index is 0.0228. The second kappa shape index (κ2) is 9.88. The van der Waals surface area contributed by atoms with Gasteiger partial charge in [-0.1, -0.05) is 5.92 Å². The topological polar surface area (TPSA) is 51.1 Å². The third-order valence-electron chi connectivity index (χ3n) is 3.43. The summed E-state index contributed by atoms with van der Waals surface area (Å²) in [6.45, 7) is 7.74. The number of amidine groups is 1. The molecule has 1 heterocycles. The Hall–Kier alpha value is -1.66. The monoisotopic (exact) mass is 484 g/mol. The van der Waals surface area contributed by atoms with Crippen molar-refractivity contribution in [2.75, 3.05) is 26.3 Å². The first-order valence-electron chi connectivity index (χ1n) is 8.34. The zero-order valence-electron chi connectivity index (χ0n) is 15.0. The molecule has 0 aliphatic carbocycles. The summed E-state index contributed by atoms with van der Waals surface area (Å²) in [4.78, 5) is 19.4. The van der Waals surface area contributed by atoms with E-state index >= 15 is 0 Å². The van der Waals surface area contributed by atoms with Crippen molar-refractivity contribution in [2.24, 2.45) is 4.99 Å². The molecule has 0 saturated carbocycles. The summed E-state index contributed by atoms with van der Waals surface area (Å²) in [6, 6.07) is 3.81. The molecule has 138 valence electrons. The average molecular weight is 484 g/mol. The summed E-state index contributed by atoms with van der Waals surface area (Å²) in [5.41, 5.74) is 0.871. The fourth-order valence-corrected chi connectivity index (χ4v) is 4.27. The Bertz CT molecular complexity index is 784. The van der Waals surface area contributed by atoms with Crippen molar-refractivity contribution < 1.29 is 14.3 Å². The number of halogens is 1. The first kappa shape index (κ1) is 20.6. The van der Waals surface area contributed by atoms with E-state index in [2.05, 4.69) is 33.5 Å². The number of hydrogen-bond donors (Lipinski definition) is 0. The van der Waals surface area contributed by atoms with Gasteiger partial charge in [-0.3, -0.25) is 14.7 Å². The highest BCUT2D eigenvalue weighted by Crippen LogP contribution is 2.37. The molecule has 1 saturated heterocycles. The SMILES string of the molecule is C#CCOc1c(I)cc(/C=C2/SC(=NCC)N(CC)C2=O)cc1OCC. The van der Waals surface area contributed by atoms with Crippen molar-refractivity contribution in [3.63, 3.8) is 0 Å².